The molecule has 0 amide bonds. The van der Waals surface area contributed by atoms with Gasteiger partial charge < -0.3 is 14.2 Å². The van der Waals surface area contributed by atoms with Crippen molar-refractivity contribution in [1.82, 2.24) is 4.98 Å². The molecule has 0 fully saturated rings. The highest BCUT2D eigenvalue weighted by Crippen LogP contribution is 2.15. The van der Waals surface area contributed by atoms with Gasteiger partial charge in [-0.1, -0.05) is 0 Å². The molecule has 0 aliphatic rings. The van der Waals surface area contributed by atoms with E-state index in [9.17, 15) is 9.59 Å². The number of aromatic nitrogens is 1. The predicted molar refractivity (Wildman–Crippen MR) is 53.1 cm³/mol. The Labute approximate surface area is 92.1 Å². The molecule has 0 unspecified atom stereocenters. The summed E-state index contributed by atoms with van der Waals surface area (Å²) >= 11 is 0. The third kappa shape index (κ3) is 2.94. The molecule has 1 aromatic rings. The molecule has 1 aromatic heterocycles. The van der Waals surface area contributed by atoms with Crippen molar-refractivity contribution < 1.29 is 23.8 Å². The zero-order valence-electron chi connectivity index (χ0n) is 8.93. The molecule has 0 atom stereocenters. The largest absolute Gasteiger partial charge is 0.479 e. The normalized spacial score (nSPS) is 9.38. The molecule has 0 radical (unpaired) electrons. The smallest absolute Gasteiger partial charge is 0.360 e. The van der Waals surface area contributed by atoms with E-state index < -0.39 is 11.9 Å². The van der Waals surface area contributed by atoms with E-state index in [1.54, 1.807) is 6.07 Å². The molecular weight excluding hydrogens is 214 g/mol. The van der Waals surface area contributed by atoms with Crippen molar-refractivity contribution in [3.63, 3.8) is 0 Å². The third-order valence-electron chi connectivity index (χ3n) is 1.72. The molecule has 6 heteroatoms. The van der Waals surface area contributed by atoms with Gasteiger partial charge in [0, 0.05) is 6.20 Å². The van der Waals surface area contributed by atoms with E-state index in [0.29, 0.717) is 0 Å². The van der Waals surface area contributed by atoms with Crippen molar-refractivity contribution in [3.05, 3.63) is 24.0 Å². The number of ether oxygens (including phenoxy) is 3. The molecule has 1 rings (SSSR count). The highest BCUT2D eigenvalue weighted by atomic mass is 16.6. The molecule has 0 aromatic carbocycles. The van der Waals surface area contributed by atoms with Gasteiger partial charge in [0.2, 0.25) is 0 Å². The van der Waals surface area contributed by atoms with Crippen LogP contribution < -0.4 is 4.74 Å². The maximum absolute atomic E-state index is 11.3. The molecular formula is C10H11NO5. The van der Waals surface area contributed by atoms with Crippen LogP contribution in [-0.4, -0.2) is 37.7 Å². The Hall–Kier alpha value is -2.11. The molecule has 0 bridgehead atoms. The number of hydrogen-bond donors (Lipinski definition) is 0. The summed E-state index contributed by atoms with van der Waals surface area (Å²) in [6.07, 6.45) is 1.43. The average molecular weight is 225 g/mol. The van der Waals surface area contributed by atoms with Gasteiger partial charge in [0.25, 0.3) is 0 Å². The quantitative estimate of drug-likeness (QED) is 0.691. The molecule has 0 spiro atoms. The summed E-state index contributed by atoms with van der Waals surface area (Å²) in [7, 11) is 2.48. The van der Waals surface area contributed by atoms with E-state index in [4.69, 9.17) is 4.74 Å². The molecule has 16 heavy (non-hydrogen) atoms. The van der Waals surface area contributed by atoms with Crippen LogP contribution in [0.5, 0.6) is 5.75 Å². The first-order valence-corrected chi connectivity index (χ1v) is 4.42. The number of methoxy groups -OCH3 is 2. The van der Waals surface area contributed by atoms with Crippen LogP contribution >= 0.6 is 0 Å². The van der Waals surface area contributed by atoms with Crippen molar-refractivity contribution in [3.8, 4) is 5.75 Å². The highest BCUT2D eigenvalue weighted by Gasteiger charge is 2.15. The minimum absolute atomic E-state index is 0.0221. The fourth-order valence-electron chi connectivity index (χ4n) is 0.953. The van der Waals surface area contributed by atoms with Crippen LogP contribution in [0.1, 0.15) is 10.5 Å². The van der Waals surface area contributed by atoms with E-state index in [2.05, 4.69) is 14.5 Å². The first-order valence-electron chi connectivity index (χ1n) is 4.42. The van der Waals surface area contributed by atoms with E-state index in [0.717, 1.165) is 0 Å². The number of rotatable bonds is 4. The summed E-state index contributed by atoms with van der Waals surface area (Å²) in [5, 5.41) is 0. The van der Waals surface area contributed by atoms with E-state index in [1.807, 2.05) is 0 Å². The van der Waals surface area contributed by atoms with Gasteiger partial charge in [0.1, 0.15) is 0 Å². The lowest BCUT2D eigenvalue weighted by Crippen LogP contribution is -2.15. The lowest BCUT2D eigenvalue weighted by atomic mass is 10.3. The second kappa shape index (κ2) is 5.69. The van der Waals surface area contributed by atoms with Gasteiger partial charge in [-0.2, -0.15) is 0 Å². The van der Waals surface area contributed by atoms with Gasteiger partial charge in [-0.15, -0.1) is 0 Å². The average Bonchev–Trinajstić information content (AvgIpc) is 2.35. The fraction of sp³-hybridized carbons (Fsp3) is 0.300. The van der Waals surface area contributed by atoms with Crippen molar-refractivity contribution in [2.75, 3.05) is 20.8 Å². The number of nitrogens with zero attached hydrogens (tertiary/aromatic N) is 1. The fourth-order valence-corrected chi connectivity index (χ4v) is 0.953. The second-order valence-corrected chi connectivity index (χ2v) is 2.71. The van der Waals surface area contributed by atoms with Crippen LogP contribution in [0.4, 0.5) is 0 Å². The number of esters is 2. The molecule has 6 nitrogen and oxygen atoms in total. The number of carbonyl (C=O) groups excluding carboxylic acids is 2. The maximum Gasteiger partial charge on any atom is 0.360 e. The molecule has 0 aliphatic carbocycles. The summed E-state index contributed by atoms with van der Waals surface area (Å²) < 4.78 is 14.0. The molecule has 0 N–H and O–H groups in total. The SMILES string of the molecule is COC(=O)COc1cccnc1C(=O)OC. The van der Waals surface area contributed by atoms with E-state index in [1.165, 1.54) is 26.5 Å². The summed E-state index contributed by atoms with van der Waals surface area (Å²) in [6.45, 7) is -0.286. The van der Waals surface area contributed by atoms with Crippen LogP contribution in [0.3, 0.4) is 0 Å². The van der Waals surface area contributed by atoms with Gasteiger partial charge in [-0.25, -0.2) is 14.6 Å². The van der Waals surface area contributed by atoms with Crippen molar-refractivity contribution in [1.29, 1.82) is 0 Å². The zero-order chi connectivity index (χ0) is 12.0. The monoisotopic (exact) mass is 225 g/mol. The van der Waals surface area contributed by atoms with Gasteiger partial charge >= 0.3 is 11.9 Å². The Balaban J connectivity index is 2.79. The Kier molecular flexibility index (Phi) is 4.26. The van der Waals surface area contributed by atoms with Crippen LogP contribution in [0.15, 0.2) is 18.3 Å². The van der Waals surface area contributed by atoms with Crippen LogP contribution in [0.25, 0.3) is 0 Å². The van der Waals surface area contributed by atoms with Crippen molar-refractivity contribution in [2.45, 2.75) is 0 Å². The minimum Gasteiger partial charge on any atom is -0.479 e. The summed E-state index contributed by atoms with van der Waals surface area (Å²) in [6, 6.07) is 3.10. The lowest BCUT2D eigenvalue weighted by molar-refractivity contribution is -0.142. The topological polar surface area (TPSA) is 74.7 Å². The maximum atomic E-state index is 11.3. The first-order chi connectivity index (χ1) is 7.69. The Morgan fingerprint density at radius 1 is 1.31 bits per heavy atom. The third-order valence-corrected chi connectivity index (χ3v) is 1.72. The highest BCUT2D eigenvalue weighted by molar-refractivity contribution is 5.90. The standard InChI is InChI=1S/C10H11NO5/c1-14-8(12)6-16-7-4-3-5-11-9(7)10(13)15-2/h3-5H,6H2,1-2H3. The molecule has 0 saturated carbocycles. The number of carbonyl (C=O) groups is 2. The zero-order valence-corrected chi connectivity index (χ0v) is 8.93. The summed E-state index contributed by atoms with van der Waals surface area (Å²) in [5.74, 6) is -0.986. The Morgan fingerprint density at radius 2 is 2.06 bits per heavy atom. The van der Waals surface area contributed by atoms with Gasteiger partial charge in [0.15, 0.2) is 18.1 Å². The van der Waals surface area contributed by atoms with Gasteiger partial charge in [-0.05, 0) is 12.1 Å². The minimum atomic E-state index is -0.625. The molecule has 86 valence electrons. The number of hydrogen-bond acceptors (Lipinski definition) is 6. The van der Waals surface area contributed by atoms with Crippen molar-refractivity contribution >= 4 is 11.9 Å². The predicted octanol–water partition coefficient (Wildman–Crippen LogP) is 0.420. The molecule has 1 heterocycles. The van der Waals surface area contributed by atoms with Gasteiger partial charge in [-0.3, -0.25) is 0 Å². The van der Waals surface area contributed by atoms with Gasteiger partial charge in [0.05, 0.1) is 14.2 Å². The van der Waals surface area contributed by atoms with Crippen LogP contribution in [0, 0.1) is 0 Å². The van der Waals surface area contributed by atoms with E-state index in [-0.39, 0.29) is 18.1 Å². The second-order valence-electron chi connectivity index (χ2n) is 2.71. The first kappa shape index (κ1) is 12.0. The molecule has 0 aliphatic heterocycles. The molecule has 0 saturated heterocycles. The van der Waals surface area contributed by atoms with E-state index >= 15 is 0 Å². The van der Waals surface area contributed by atoms with Crippen LogP contribution in [0.2, 0.25) is 0 Å². The Bertz CT molecular complexity index is 391. The van der Waals surface area contributed by atoms with Crippen LogP contribution in [-0.2, 0) is 14.3 Å². The summed E-state index contributed by atoms with van der Waals surface area (Å²) in [5.41, 5.74) is 0.0221. The summed E-state index contributed by atoms with van der Waals surface area (Å²) in [4.78, 5) is 25.9. The Morgan fingerprint density at radius 3 is 2.69 bits per heavy atom. The van der Waals surface area contributed by atoms with Crippen molar-refractivity contribution in [2.24, 2.45) is 0 Å². The lowest BCUT2D eigenvalue weighted by Gasteiger charge is -2.07. The number of pyridine rings is 1.